The minimum absolute atomic E-state index is 0.0268. The van der Waals surface area contributed by atoms with Crippen molar-refractivity contribution in [1.82, 2.24) is 10.2 Å². The predicted octanol–water partition coefficient (Wildman–Crippen LogP) is 5.41. The van der Waals surface area contributed by atoms with Crippen molar-refractivity contribution in [2.24, 2.45) is 17.8 Å². The van der Waals surface area contributed by atoms with E-state index in [0.29, 0.717) is 25.0 Å². The van der Waals surface area contributed by atoms with Crippen LogP contribution in [0.15, 0.2) is 11.6 Å². The molecule has 0 aromatic carbocycles. The van der Waals surface area contributed by atoms with Crippen LogP contribution in [0.2, 0.25) is 0 Å². The molecule has 0 saturated carbocycles. The molecule has 0 bridgehead atoms. The van der Waals surface area contributed by atoms with E-state index in [1.54, 1.807) is 19.9 Å². The van der Waals surface area contributed by atoms with Gasteiger partial charge in [-0.3, -0.25) is 9.59 Å². The van der Waals surface area contributed by atoms with Gasteiger partial charge in [0.1, 0.15) is 0 Å². The van der Waals surface area contributed by atoms with Crippen LogP contribution in [0.25, 0.3) is 0 Å². The zero-order valence-electron chi connectivity index (χ0n) is 22.9. The lowest BCUT2D eigenvalue weighted by Crippen LogP contribution is -2.36. The summed E-state index contributed by atoms with van der Waals surface area (Å²) in [6.45, 7) is 21.6. The first kappa shape index (κ1) is 33.5. The summed E-state index contributed by atoms with van der Waals surface area (Å²) in [7, 11) is 0. The number of ketones is 1. The SMILES string of the molecule is CC(C)C.CCC(C)N1CCCCC1.CCOC(=O)/C(C)=C/[C@@H](CC(=O)CNC=O)C(C)C. The molecule has 1 heterocycles. The Morgan fingerprint density at radius 2 is 1.55 bits per heavy atom. The molecule has 6 heteroatoms. The van der Waals surface area contributed by atoms with Crippen molar-refractivity contribution in [3.63, 3.8) is 0 Å². The van der Waals surface area contributed by atoms with Gasteiger partial charge in [0.25, 0.3) is 0 Å². The van der Waals surface area contributed by atoms with Gasteiger partial charge in [-0.1, -0.05) is 54.0 Å². The van der Waals surface area contributed by atoms with Crippen LogP contribution < -0.4 is 5.32 Å². The summed E-state index contributed by atoms with van der Waals surface area (Å²) in [4.78, 5) is 35.9. The number of hydrogen-bond donors (Lipinski definition) is 1. The maximum Gasteiger partial charge on any atom is 0.333 e. The van der Waals surface area contributed by atoms with Crippen molar-refractivity contribution in [2.45, 2.75) is 100 Å². The van der Waals surface area contributed by atoms with Crippen molar-refractivity contribution >= 4 is 18.2 Å². The van der Waals surface area contributed by atoms with Crippen LogP contribution in [-0.4, -0.2) is 55.3 Å². The molecular formula is C27H52N2O4. The molecule has 0 aromatic rings. The van der Waals surface area contributed by atoms with Gasteiger partial charge in [-0.25, -0.2) is 4.79 Å². The Hall–Kier alpha value is -1.69. The van der Waals surface area contributed by atoms with E-state index in [0.717, 1.165) is 12.0 Å². The molecule has 1 rings (SSSR count). The number of carbonyl (C=O) groups is 3. The van der Waals surface area contributed by atoms with Crippen LogP contribution in [0.1, 0.15) is 94.4 Å². The number of piperidine rings is 1. The second kappa shape index (κ2) is 20.9. The van der Waals surface area contributed by atoms with Gasteiger partial charge in [-0.05, 0) is 70.9 Å². The molecule has 194 valence electrons. The number of carbonyl (C=O) groups excluding carboxylic acids is 3. The largest absolute Gasteiger partial charge is 0.463 e. The third-order valence-electron chi connectivity index (χ3n) is 5.37. The highest BCUT2D eigenvalue weighted by atomic mass is 16.5. The Labute approximate surface area is 203 Å². The highest BCUT2D eigenvalue weighted by molar-refractivity contribution is 5.88. The van der Waals surface area contributed by atoms with E-state index in [-0.39, 0.29) is 30.1 Å². The number of ether oxygens (including phenoxy) is 1. The third kappa shape index (κ3) is 19.5. The molecule has 1 fully saturated rings. The van der Waals surface area contributed by atoms with Crippen LogP contribution in [0.3, 0.4) is 0 Å². The Balaban J connectivity index is 0. The van der Waals surface area contributed by atoms with Crippen LogP contribution in [-0.2, 0) is 19.1 Å². The summed E-state index contributed by atoms with van der Waals surface area (Å²) >= 11 is 0. The van der Waals surface area contributed by atoms with Gasteiger partial charge in [0.2, 0.25) is 6.41 Å². The fraction of sp³-hybridized carbons (Fsp3) is 0.815. The van der Waals surface area contributed by atoms with Gasteiger partial charge in [-0.2, -0.15) is 0 Å². The number of Topliss-reactive ketones (excluding diaryl/α,β-unsaturated/α-hetero) is 1. The van der Waals surface area contributed by atoms with E-state index < -0.39 is 0 Å². The molecule has 0 radical (unpaired) electrons. The average Bonchev–Trinajstić information content (AvgIpc) is 2.77. The molecule has 33 heavy (non-hydrogen) atoms. The summed E-state index contributed by atoms with van der Waals surface area (Å²) < 4.78 is 4.90. The smallest absolute Gasteiger partial charge is 0.333 e. The van der Waals surface area contributed by atoms with Gasteiger partial charge >= 0.3 is 5.97 Å². The van der Waals surface area contributed by atoms with E-state index in [1.165, 1.54) is 38.8 Å². The van der Waals surface area contributed by atoms with Crippen LogP contribution in [0.4, 0.5) is 0 Å². The highest BCUT2D eigenvalue weighted by Gasteiger charge is 2.17. The molecule has 1 aliphatic rings. The van der Waals surface area contributed by atoms with E-state index in [9.17, 15) is 14.4 Å². The summed E-state index contributed by atoms with van der Waals surface area (Å²) in [6, 6.07) is 0.820. The first-order chi connectivity index (χ1) is 15.5. The molecule has 1 aliphatic heterocycles. The van der Waals surface area contributed by atoms with Gasteiger partial charge in [-0.15, -0.1) is 0 Å². The van der Waals surface area contributed by atoms with Crippen molar-refractivity contribution < 1.29 is 19.1 Å². The van der Waals surface area contributed by atoms with Crippen LogP contribution in [0, 0.1) is 17.8 Å². The van der Waals surface area contributed by atoms with Gasteiger partial charge in [0.15, 0.2) is 5.78 Å². The van der Waals surface area contributed by atoms with E-state index in [1.807, 2.05) is 13.8 Å². The molecule has 2 atom stereocenters. The molecule has 0 aromatic heterocycles. The van der Waals surface area contributed by atoms with Crippen LogP contribution in [0.5, 0.6) is 0 Å². The van der Waals surface area contributed by atoms with Gasteiger partial charge in [0.05, 0.1) is 13.2 Å². The van der Waals surface area contributed by atoms with Gasteiger partial charge in [0, 0.05) is 18.0 Å². The monoisotopic (exact) mass is 468 g/mol. The summed E-state index contributed by atoms with van der Waals surface area (Å²) in [5.74, 6) is 0.611. The van der Waals surface area contributed by atoms with Crippen molar-refractivity contribution in [2.75, 3.05) is 26.2 Å². The molecule has 6 nitrogen and oxygen atoms in total. The Bertz CT molecular complexity index is 550. The number of rotatable bonds is 11. The zero-order chi connectivity index (χ0) is 25.8. The van der Waals surface area contributed by atoms with Crippen LogP contribution >= 0.6 is 0 Å². The Morgan fingerprint density at radius 1 is 1.00 bits per heavy atom. The normalized spacial score (nSPS) is 16.0. The van der Waals surface area contributed by atoms with Crippen molar-refractivity contribution in [3.05, 3.63) is 11.6 Å². The van der Waals surface area contributed by atoms with Crippen molar-refractivity contribution in [3.8, 4) is 0 Å². The zero-order valence-corrected chi connectivity index (χ0v) is 22.9. The summed E-state index contributed by atoms with van der Waals surface area (Å²) in [5.41, 5.74) is 0.511. The summed E-state index contributed by atoms with van der Waals surface area (Å²) in [5, 5.41) is 2.35. The van der Waals surface area contributed by atoms with E-state index in [4.69, 9.17) is 4.74 Å². The molecule has 1 amide bonds. The molecule has 0 spiro atoms. The Morgan fingerprint density at radius 3 is 1.97 bits per heavy atom. The lowest BCUT2D eigenvalue weighted by molar-refractivity contribution is -0.138. The Kier molecular flexibility index (Phi) is 21.2. The van der Waals surface area contributed by atoms with E-state index in [2.05, 4.69) is 44.8 Å². The number of nitrogens with zero attached hydrogens (tertiary/aromatic N) is 1. The standard InChI is InChI=1S/C14H23NO4.C9H19N.C4H10/c1-5-19-14(18)11(4)6-12(10(2)3)7-13(17)8-15-9-16;1-3-9(2)10-7-5-4-6-8-10;1-4(2)3/h6,9-10,12H,5,7-8H2,1-4H3,(H,15,16);9H,3-8H2,1-2H3;4H,1-3H3/b11-6+;;/t12-;;/m0../s1. The summed E-state index contributed by atoms with van der Waals surface area (Å²) in [6.07, 6.45) is 8.18. The number of amides is 1. The lowest BCUT2D eigenvalue weighted by atomic mass is 9.89. The number of esters is 1. The second-order valence-electron chi connectivity index (χ2n) is 9.81. The quantitative estimate of drug-likeness (QED) is 0.249. The maximum absolute atomic E-state index is 11.6. The first-order valence-corrected chi connectivity index (χ1v) is 12.8. The minimum Gasteiger partial charge on any atom is -0.463 e. The fourth-order valence-electron chi connectivity index (χ4n) is 3.23. The minimum atomic E-state index is -0.355. The number of hydrogen-bond acceptors (Lipinski definition) is 5. The molecule has 1 N–H and O–H groups in total. The van der Waals surface area contributed by atoms with E-state index >= 15 is 0 Å². The highest BCUT2D eigenvalue weighted by Crippen LogP contribution is 2.19. The number of nitrogens with one attached hydrogen (secondary N) is 1. The fourth-order valence-corrected chi connectivity index (χ4v) is 3.23. The lowest BCUT2D eigenvalue weighted by Gasteiger charge is -2.31. The molecule has 1 saturated heterocycles. The average molecular weight is 469 g/mol. The van der Waals surface area contributed by atoms with Crippen molar-refractivity contribution in [1.29, 1.82) is 0 Å². The first-order valence-electron chi connectivity index (χ1n) is 12.8. The number of likely N-dealkylation sites (tertiary alicyclic amines) is 1. The third-order valence-corrected chi connectivity index (χ3v) is 5.37. The maximum atomic E-state index is 11.6. The molecule has 0 aliphatic carbocycles. The van der Waals surface area contributed by atoms with Gasteiger partial charge < -0.3 is 15.0 Å². The number of allylic oxidation sites excluding steroid dienone is 1. The molecule has 1 unspecified atom stereocenters. The predicted molar refractivity (Wildman–Crippen MR) is 138 cm³/mol. The molecular weight excluding hydrogens is 416 g/mol. The second-order valence-corrected chi connectivity index (χ2v) is 9.81. The topological polar surface area (TPSA) is 75.7 Å².